The second-order valence-corrected chi connectivity index (χ2v) is 6.84. The maximum absolute atomic E-state index is 12.4. The molecule has 0 amide bonds. The summed E-state index contributed by atoms with van der Waals surface area (Å²) in [4.78, 5) is 10.9. The molecule has 1 aromatic carbocycles. The van der Waals surface area contributed by atoms with Crippen LogP contribution in [0, 0.1) is 5.92 Å². The highest BCUT2D eigenvalue weighted by Crippen LogP contribution is 2.27. The van der Waals surface area contributed by atoms with Gasteiger partial charge in [-0.2, -0.15) is 0 Å². The number of aliphatic hydroxyl groups excluding tert-OH is 1. The number of rotatable bonds is 5. The van der Waals surface area contributed by atoms with Crippen molar-refractivity contribution in [3.8, 4) is 0 Å². The predicted molar refractivity (Wildman–Crippen MR) is 76.4 cm³/mol. The molecule has 8 heteroatoms. The van der Waals surface area contributed by atoms with Gasteiger partial charge in [-0.3, -0.25) is 0 Å². The van der Waals surface area contributed by atoms with E-state index in [9.17, 15) is 18.3 Å². The van der Waals surface area contributed by atoms with Crippen LogP contribution in [0.4, 0.5) is 5.69 Å². The molecule has 1 aliphatic rings. The number of carboxylic acid groups (broad SMARTS) is 1. The van der Waals surface area contributed by atoms with Crippen LogP contribution in [0.1, 0.15) is 29.6 Å². The van der Waals surface area contributed by atoms with E-state index in [4.69, 9.17) is 10.8 Å². The average Bonchev–Trinajstić information content (AvgIpc) is 2.84. The normalized spacial score (nSPS) is 22.3. The quantitative estimate of drug-likeness (QED) is 0.582. The Morgan fingerprint density at radius 1 is 1.38 bits per heavy atom. The topological polar surface area (TPSA) is 130 Å². The van der Waals surface area contributed by atoms with Crippen LogP contribution < -0.4 is 10.5 Å². The lowest BCUT2D eigenvalue weighted by Gasteiger charge is -2.19. The van der Waals surface area contributed by atoms with Gasteiger partial charge in [0.2, 0.25) is 10.0 Å². The van der Waals surface area contributed by atoms with Crippen molar-refractivity contribution in [3.63, 3.8) is 0 Å². The van der Waals surface area contributed by atoms with Crippen molar-refractivity contribution in [1.29, 1.82) is 0 Å². The molecule has 2 atom stereocenters. The number of sulfonamides is 1. The summed E-state index contributed by atoms with van der Waals surface area (Å²) in [5.41, 5.74) is 5.32. The summed E-state index contributed by atoms with van der Waals surface area (Å²) in [5, 5.41) is 18.4. The molecule has 1 saturated carbocycles. The molecule has 0 heterocycles. The molecule has 0 aliphatic heterocycles. The Labute approximate surface area is 122 Å². The van der Waals surface area contributed by atoms with Gasteiger partial charge in [0.05, 0.1) is 10.5 Å². The number of benzene rings is 1. The van der Waals surface area contributed by atoms with Gasteiger partial charge in [-0.1, -0.05) is 6.42 Å². The number of nitrogens with one attached hydrogen (secondary N) is 1. The summed E-state index contributed by atoms with van der Waals surface area (Å²) in [5.74, 6) is -1.49. The third kappa shape index (κ3) is 3.34. The first-order valence-corrected chi connectivity index (χ1v) is 8.09. The maximum atomic E-state index is 12.4. The van der Waals surface area contributed by atoms with Gasteiger partial charge in [-0.05, 0) is 37.0 Å². The molecule has 0 spiro atoms. The molecule has 2 unspecified atom stereocenters. The molecular formula is C13H18N2O5S. The van der Waals surface area contributed by atoms with E-state index in [0.29, 0.717) is 6.42 Å². The van der Waals surface area contributed by atoms with Gasteiger partial charge >= 0.3 is 5.97 Å². The molecule has 0 radical (unpaired) electrons. The molecule has 2 rings (SSSR count). The number of hydrogen-bond acceptors (Lipinski definition) is 5. The number of carboxylic acids is 1. The third-order valence-corrected chi connectivity index (χ3v) is 5.27. The number of anilines is 1. The van der Waals surface area contributed by atoms with E-state index in [0.717, 1.165) is 18.9 Å². The van der Waals surface area contributed by atoms with Gasteiger partial charge in [0.15, 0.2) is 0 Å². The molecule has 1 fully saturated rings. The highest BCUT2D eigenvalue weighted by atomic mass is 32.2. The number of aliphatic hydroxyl groups is 1. The van der Waals surface area contributed by atoms with Crippen LogP contribution in [0.25, 0.3) is 0 Å². The number of nitrogen functional groups attached to an aromatic ring is 1. The van der Waals surface area contributed by atoms with Gasteiger partial charge in [-0.15, -0.1) is 0 Å². The molecule has 1 aliphatic carbocycles. The van der Waals surface area contributed by atoms with Crippen molar-refractivity contribution in [2.24, 2.45) is 5.92 Å². The minimum atomic E-state index is -3.98. The van der Waals surface area contributed by atoms with E-state index >= 15 is 0 Å². The molecule has 0 aromatic heterocycles. The van der Waals surface area contributed by atoms with E-state index in [2.05, 4.69) is 4.72 Å². The zero-order valence-electron chi connectivity index (χ0n) is 11.3. The summed E-state index contributed by atoms with van der Waals surface area (Å²) in [6, 6.07) is 3.28. The molecule has 5 N–H and O–H groups in total. The van der Waals surface area contributed by atoms with Gasteiger partial charge < -0.3 is 15.9 Å². The van der Waals surface area contributed by atoms with Crippen molar-refractivity contribution in [2.75, 3.05) is 12.3 Å². The summed E-state index contributed by atoms with van der Waals surface area (Å²) in [6.07, 6.45) is 2.20. The van der Waals surface area contributed by atoms with Crippen LogP contribution in [-0.4, -0.2) is 37.2 Å². The largest absolute Gasteiger partial charge is 0.478 e. The Kier molecular flexibility index (Phi) is 4.50. The first-order chi connectivity index (χ1) is 9.85. The average molecular weight is 314 g/mol. The number of hydrogen-bond donors (Lipinski definition) is 4. The first-order valence-electron chi connectivity index (χ1n) is 6.61. The highest BCUT2D eigenvalue weighted by molar-refractivity contribution is 7.89. The minimum Gasteiger partial charge on any atom is -0.478 e. The van der Waals surface area contributed by atoms with Crippen LogP contribution in [0.5, 0.6) is 0 Å². The molecule has 116 valence electrons. The minimum absolute atomic E-state index is 0.0965. The van der Waals surface area contributed by atoms with Crippen molar-refractivity contribution in [1.82, 2.24) is 4.72 Å². The van der Waals surface area contributed by atoms with Crippen molar-refractivity contribution in [2.45, 2.75) is 30.2 Å². The summed E-state index contributed by atoms with van der Waals surface area (Å²) in [6.45, 7) is -0.0965. The summed E-state index contributed by atoms with van der Waals surface area (Å²) < 4.78 is 27.3. The van der Waals surface area contributed by atoms with Crippen LogP contribution in [0.2, 0.25) is 0 Å². The Balaban J connectivity index is 2.34. The van der Waals surface area contributed by atoms with Crippen LogP contribution >= 0.6 is 0 Å². The number of nitrogens with two attached hydrogens (primary N) is 1. The number of carbonyl (C=O) groups is 1. The summed E-state index contributed by atoms with van der Waals surface area (Å²) in [7, 11) is -3.98. The Hall–Kier alpha value is -1.64. The van der Waals surface area contributed by atoms with E-state index in [1.54, 1.807) is 0 Å². The molecule has 1 aromatic rings. The first kappa shape index (κ1) is 15.7. The molecular weight excluding hydrogens is 296 g/mol. The van der Waals surface area contributed by atoms with Crippen LogP contribution in [0.3, 0.4) is 0 Å². The van der Waals surface area contributed by atoms with Crippen molar-refractivity contribution < 1.29 is 23.4 Å². The Morgan fingerprint density at radius 2 is 2.10 bits per heavy atom. The number of aromatic carboxylic acids is 1. The SMILES string of the molecule is Nc1ccc(S(=O)(=O)NC2CCCC2CO)c(C(=O)O)c1. The maximum Gasteiger partial charge on any atom is 0.337 e. The fourth-order valence-corrected chi connectivity index (χ4v) is 4.14. The van der Waals surface area contributed by atoms with Crippen LogP contribution in [-0.2, 0) is 10.0 Å². The van der Waals surface area contributed by atoms with Crippen molar-refractivity contribution >= 4 is 21.7 Å². The summed E-state index contributed by atoms with van der Waals surface area (Å²) >= 11 is 0. The fraction of sp³-hybridized carbons (Fsp3) is 0.462. The molecule has 21 heavy (non-hydrogen) atoms. The lowest BCUT2D eigenvalue weighted by atomic mass is 10.1. The van der Waals surface area contributed by atoms with Gasteiger partial charge in [0, 0.05) is 18.3 Å². The lowest BCUT2D eigenvalue weighted by molar-refractivity contribution is 0.0692. The monoisotopic (exact) mass is 314 g/mol. The Morgan fingerprint density at radius 3 is 2.71 bits per heavy atom. The standard InChI is InChI=1S/C13H18N2O5S/c14-9-4-5-12(10(6-9)13(17)18)21(19,20)15-11-3-1-2-8(11)7-16/h4-6,8,11,15-16H,1-3,7,14H2,(H,17,18). The second-order valence-electron chi connectivity index (χ2n) is 5.16. The fourth-order valence-electron chi connectivity index (χ4n) is 2.62. The molecule has 7 nitrogen and oxygen atoms in total. The third-order valence-electron chi connectivity index (χ3n) is 3.72. The predicted octanol–water partition coefficient (Wildman–Crippen LogP) is 0.406. The van der Waals surface area contributed by atoms with E-state index in [-0.39, 0.29) is 34.7 Å². The Bertz CT molecular complexity index is 644. The smallest absolute Gasteiger partial charge is 0.337 e. The van der Waals surface area contributed by atoms with Gasteiger partial charge in [0.1, 0.15) is 0 Å². The zero-order chi connectivity index (χ0) is 15.6. The van der Waals surface area contributed by atoms with Crippen molar-refractivity contribution in [3.05, 3.63) is 23.8 Å². The lowest BCUT2D eigenvalue weighted by Crippen LogP contribution is -2.39. The van der Waals surface area contributed by atoms with Gasteiger partial charge in [0.25, 0.3) is 0 Å². The zero-order valence-corrected chi connectivity index (χ0v) is 12.1. The van der Waals surface area contributed by atoms with Crippen LogP contribution in [0.15, 0.2) is 23.1 Å². The highest BCUT2D eigenvalue weighted by Gasteiger charge is 2.32. The van der Waals surface area contributed by atoms with E-state index in [1.807, 2.05) is 0 Å². The van der Waals surface area contributed by atoms with Gasteiger partial charge in [-0.25, -0.2) is 17.9 Å². The van der Waals surface area contributed by atoms with E-state index < -0.39 is 16.0 Å². The molecule has 0 bridgehead atoms. The van der Waals surface area contributed by atoms with E-state index in [1.165, 1.54) is 12.1 Å². The second kappa shape index (κ2) is 6.00. The molecule has 0 saturated heterocycles.